The van der Waals surface area contributed by atoms with Crippen molar-refractivity contribution in [2.45, 2.75) is 25.8 Å². The number of nitrogens with zero attached hydrogens (tertiary/aromatic N) is 3. The minimum atomic E-state index is -0.291. The number of hydrogen-bond donors (Lipinski definition) is 2. The maximum atomic E-state index is 14.1. The van der Waals surface area contributed by atoms with Gasteiger partial charge in [0.25, 0.3) is 0 Å². The van der Waals surface area contributed by atoms with Gasteiger partial charge in [-0.05, 0) is 56.0 Å². The van der Waals surface area contributed by atoms with E-state index >= 15 is 0 Å². The predicted molar refractivity (Wildman–Crippen MR) is 120 cm³/mol. The molecular formula is C24H26FN5O2. The van der Waals surface area contributed by atoms with Crippen LogP contribution in [0.4, 0.5) is 10.2 Å². The fourth-order valence-corrected chi connectivity index (χ4v) is 4.05. The zero-order valence-corrected chi connectivity index (χ0v) is 17.9. The normalized spacial score (nSPS) is 15.7. The van der Waals surface area contributed by atoms with Gasteiger partial charge in [0.1, 0.15) is 17.4 Å². The van der Waals surface area contributed by atoms with Crippen LogP contribution in [-0.4, -0.2) is 39.4 Å². The Morgan fingerprint density at radius 2 is 2.16 bits per heavy atom. The van der Waals surface area contributed by atoms with Crippen LogP contribution >= 0.6 is 0 Å². The maximum Gasteiger partial charge on any atom is 0.165 e. The predicted octanol–water partition coefficient (Wildman–Crippen LogP) is 4.84. The molecule has 1 aromatic carbocycles. The van der Waals surface area contributed by atoms with E-state index in [1.807, 2.05) is 37.6 Å². The third-order valence-electron chi connectivity index (χ3n) is 5.90. The number of benzene rings is 1. The summed E-state index contributed by atoms with van der Waals surface area (Å²) in [6, 6.07) is 8.31. The Hall–Kier alpha value is -3.39. The van der Waals surface area contributed by atoms with E-state index in [4.69, 9.17) is 14.5 Å². The summed E-state index contributed by atoms with van der Waals surface area (Å²) in [5.74, 6) is 1.54. The van der Waals surface area contributed by atoms with E-state index in [9.17, 15) is 4.39 Å². The maximum absolute atomic E-state index is 14.1. The van der Waals surface area contributed by atoms with Crippen LogP contribution in [0.3, 0.4) is 0 Å². The lowest BCUT2D eigenvalue weighted by Crippen LogP contribution is -2.22. The van der Waals surface area contributed by atoms with E-state index in [0.29, 0.717) is 24.1 Å². The Bertz CT molecular complexity index is 1180. The van der Waals surface area contributed by atoms with Gasteiger partial charge in [0, 0.05) is 48.5 Å². The molecule has 32 heavy (non-hydrogen) atoms. The van der Waals surface area contributed by atoms with Gasteiger partial charge in [-0.25, -0.2) is 13.9 Å². The number of ether oxygens (including phenoxy) is 2. The van der Waals surface area contributed by atoms with E-state index in [-0.39, 0.29) is 11.9 Å². The summed E-state index contributed by atoms with van der Waals surface area (Å²) in [5, 5.41) is 7.77. The van der Waals surface area contributed by atoms with Gasteiger partial charge in [0.2, 0.25) is 0 Å². The Kier molecular flexibility index (Phi) is 5.77. The van der Waals surface area contributed by atoms with Gasteiger partial charge in [-0.1, -0.05) is 0 Å². The Balaban J connectivity index is 1.36. The number of halogens is 1. The average Bonchev–Trinajstić information content (AvgIpc) is 3.48. The Morgan fingerprint density at radius 3 is 2.97 bits per heavy atom. The summed E-state index contributed by atoms with van der Waals surface area (Å²) in [4.78, 5) is 7.82. The molecule has 4 aromatic rings. The Labute approximate surface area is 185 Å². The smallest absolute Gasteiger partial charge is 0.165 e. The second-order valence-electron chi connectivity index (χ2n) is 8.15. The molecule has 166 valence electrons. The zero-order valence-electron chi connectivity index (χ0n) is 17.9. The lowest BCUT2D eigenvalue weighted by Gasteiger charge is -2.24. The van der Waals surface area contributed by atoms with Crippen LogP contribution in [0, 0.1) is 11.7 Å². The summed E-state index contributed by atoms with van der Waals surface area (Å²) in [6.45, 7) is 4.13. The van der Waals surface area contributed by atoms with Gasteiger partial charge in [0.15, 0.2) is 5.65 Å². The molecule has 1 atom stereocenters. The highest BCUT2D eigenvalue weighted by Gasteiger charge is 2.18. The fourth-order valence-electron chi connectivity index (χ4n) is 4.05. The van der Waals surface area contributed by atoms with Crippen molar-refractivity contribution in [1.82, 2.24) is 19.6 Å². The van der Waals surface area contributed by atoms with E-state index < -0.39 is 0 Å². The lowest BCUT2D eigenvalue weighted by atomic mass is 10.0. The minimum Gasteiger partial charge on any atom is -0.493 e. The molecule has 0 spiro atoms. The third-order valence-corrected chi connectivity index (χ3v) is 5.90. The first-order valence-corrected chi connectivity index (χ1v) is 10.9. The highest BCUT2D eigenvalue weighted by Crippen LogP contribution is 2.30. The van der Waals surface area contributed by atoms with Crippen LogP contribution in [0.2, 0.25) is 0 Å². The third kappa shape index (κ3) is 4.31. The van der Waals surface area contributed by atoms with E-state index in [1.165, 1.54) is 12.1 Å². The molecule has 7 nitrogen and oxygen atoms in total. The van der Waals surface area contributed by atoms with E-state index in [0.717, 1.165) is 48.4 Å². The number of hydrogen-bond acceptors (Lipinski definition) is 5. The van der Waals surface area contributed by atoms with Crippen molar-refractivity contribution in [2.24, 2.45) is 5.92 Å². The zero-order chi connectivity index (χ0) is 21.9. The first-order chi connectivity index (χ1) is 15.7. The monoisotopic (exact) mass is 435 g/mol. The van der Waals surface area contributed by atoms with Gasteiger partial charge in [-0.15, -0.1) is 0 Å². The molecule has 4 heterocycles. The summed E-state index contributed by atoms with van der Waals surface area (Å²) < 4.78 is 27.4. The van der Waals surface area contributed by atoms with Gasteiger partial charge in [0.05, 0.1) is 18.8 Å². The fraction of sp³-hybridized carbons (Fsp3) is 0.333. The van der Waals surface area contributed by atoms with Crippen molar-refractivity contribution < 1.29 is 13.9 Å². The van der Waals surface area contributed by atoms with Gasteiger partial charge < -0.3 is 19.8 Å². The second kappa shape index (κ2) is 9.00. The van der Waals surface area contributed by atoms with Crippen LogP contribution in [0.5, 0.6) is 5.75 Å². The standard InChI is InChI=1S/C24H26FN5O2/c1-16(20-12-19(25)2-3-22(20)32-15-17-6-10-31-11-7-17)28-23-5-9-30-24(29-23)21(14-27-30)18-4-8-26-13-18/h2-5,8-9,12-14,16-17,26H,6-7,10-11,15H2,1H3,(H,28,29). The lowest BCUT2D eigenvalue weighted by molar-refractivity contribution is 0.0496. The molecule has 5 rings (SSSR count). The van der Waals surface area contributed by atoms with Crippen molar-refractivity contribution >= 4 is 11.5 Å². The van der Waals surface area contributed by atoms with Crippen LogP contribution in [0.25, 0.3) is 16.8 Å². The Morgan fingerprint density at radius 1 is 1.28 bits per heavy atom. The molecule has 1 aliphatic rings. The topological polar surface area (TPSA) is 76.5 Å². The summed E-state index contributed by atoms with van der Waals surface area (Å²) >= 11 is 0. The number of fused-ring (bicyclic) bond motifs is 1. The SMILES string of the molecule is CC(Nc1ccn2ncc(-c3cc[nH]c3)c2n1)c1cc(F)ccc1OCC1CCOCC1. The van der Waals surface area contributed by atoms with Crippen LogP contribution < -0.4 is 10.1 Å². The molecule has 0 saturated carbocycles. The first-order valence-electron chi connectivity index (χ1n) is 10.9. The molecule has 1 fully saturated rings. The van der Waals surface area contributed by atoms with Crippen molar-refractivity contribution in [3.8, 4) is 16.9 Å². The van der Waals surface area contributed by atoms with Gasteiger partial charge in [-0.3, -0.25) is 0 Å². The summed E-state index contributed by atoms with van der Waals surface area (Å²) in [5.41, 5.74) is 3.47. The summed E-state index contributed by atoms with van der Waals surface area (Å²) in [6.07, 6.45) is 9.42. The molecule has 0 radical (unpaired) electrons. The van der Waals surface area contributed by atoms with E-state index in [1.54, 1.807) is 16.8 Å². The molecule has 8 heteroatoms. The number of aromatic amines is 1. The number of anilines is 1. The molecule has 3 aromatic heterocycles. The molecule has 2 N–H and O–H groups in total. The van der Waals surface area contributed by atoms with Crippen LogP contribution in [0.1, 0.15) is 31.4 Å². The number of aromatic nitrogens is 4. The van der Waals surface area contributed by atoms with E-state index in [2.05, 4.69) is 15.4 Å². The highest BCUT2D eigenvalue weighted by molar-refractivity contribution is 5.77. The summed E-state index contributed by atoms with van der Waals surface area (Å²) in [7, 11) is 0. The van der Waals surface area contributed by atoms with Crippen molar-refractivity contribution in [1.29, 1.82) is 0 Å². The molecule has 1 saturated heterocycles. The van der Waals surface area contributed by atoms with Crippen LogP contribution in [0.15, 0.2) is 55.1 Å². The number of H-pyrrole nitrogens is 1. The van der Waals surface area contributed by atoms with Crippen LogP contribution in [-0.2, 0) is 4.74 Å². The second-order valence-corrected chi connectivity index (χ2v) is 8.15. The molecule has 0 amide bonds. The molecule has 1 aliphatic heterocycles. The number of rotatable bonds is 7. The quantitative estimate of drug-likeness (QED) is 0.434. The average molecular weight is 436 g/mol. The molecular weight excluding hydrogens is 409 g/mol. The molecule has 0 aliphatic carbocycles. The van der Waals surface area contributed by atoms with Gasteiger partial charge in [-0.2, -0.15) is 5.10 Å². The van der Waals surface area contributed by atoms with Gasteiger partial charge >= 0.3 is 0 Å². The number of nitrogens with one attached hydrogen (secondary N) is 2. The first kappa shape index (κ1) is 20.5. The van der Waals surface area contributed by atoms with Crippen molar-refractivity contribution in [3.63, 3.8) is 0 Å². The molecule has 0 bridgehead atoms. The molecule has 1 unspecified atom stereocenters. The van der Waals surface area contributed by atoms with Crippen molar-refractivity contribution in [3.05, 3.63) is 66.5 Å². The highest BCUT2D eigenvalue weighted by atomic mass is 19.1. The largest absolute Gasteiger partial charge is 0.493 e. The minimum absolute atomic E-state index is 0.205. The van der Waals surface area contributed by atoms with Crippen molar-refractivity contribution in [2.75, 3.05) is 25.1 Å².